The second-order valence-corrected chi connectivity index (χ2v) is 13.1. The first-order chi connectivity index (χ1) is 15.1. The topological polar surface area (TPSA) is 112 Å². The van der Waals surface area contributed by atoms with Crippen molar-refractivity contribution in [1.29, 1.82) is 0 Å². The average molecular weight is 483 g/mol. The van der Waals surface area contributed by atoms with E-state index >= 15 is 0 Å². The highest BCUT2D eigenvalue weighted by Gasteiger charge is 2.40. The number of pyridine rings is 1. The Bertz CT molecular complexity index is 913. The summed E-state index contributed by atoms with van der Waals surface area (Å²) in [6.45, 7) is 10.2. The van der Waals surface area contributed by atoms with Gasteiger partial charge in [-0.05, 0) is 79.4 Å². The highest BCUT2D eigenvalue weighted by molar-refractivity contribution is 7.91. The van der Waals surface area contributed by atoms with Crippen LogP contribution in [0.1, 0.15) is 79.3 Å². The largest absolute Gasteiger partial charge is 0.458 e. The first kappa shape index (κ1) is 27.1. The van der Waals surface area contributed by atoms with Crippen molar-refractivity contribution in [3.8, 4) is 0 Å². The van der Waals surface area contributed by atoms with Gasteiger partial charge in [0, 0.05) is 17.3 Å². The third-order valence-corrected chi connectivity index (χ3v) is 7.19. The Hall–Kier alpha value is -2.16. The lowest BCUT2D eigenvalue weighted by molar-refractivity contribution is -0.157. The molecular formula is C24H38N2O6S. The first-order valence-corrected chi connectivity index (χ1v) is 13.3. The zero-order chi connectivity index (χ0) is 24.9. The summed E-state index contributed by atoms with van der Waals surface area (Å²) in [6, 6.07) is 4.60. The van der Waals surface area contributed by atoms with E-state index in [1.54, 1.807) is 47.7 Å². The van der Waals surface area contributed by atoms with E-state index in [1.165, 1.54) is 0 Å². The summed E-state index contributed by atoms with van der Waals surface area (Å²) in [5.74, 6) is -0.935. The molecule has 0 unspecified atom stereocenters. The normalized spacial score (nSPS) is 16.9. The van der Waals surface area contributed by atoms with Gasteiger partial charge in [0.05, 0.1) is 11.5 Å². The van der Waals surface area contributed by atoms with E-state index in [1.807, 2.05) is 18.2 Å². The van der Waals surface area contributed by atoms with Gasteiger partial charge in [-0.25, -0.2) is 18.0 Å². The summed E-state index contributed by atoms with van der Waals surface area (Å²) in [6.07, 6.45) is 4.23. The second-order valence-electron chi connectivity index (χ2n) is 10.8. The van der Waals surface area contributed by atoms with Gasteiger partial charge in [-0.3, -0.25) is 4.98 Å². The Morgan fingerprint density at radius 2 is 1.70 bits per heavy atom. The Kier molecular flexibility index (Phi) is 8.54. The molecule has 8 nitrogen and oxygen atoms in total. The van der Waals surface area contributed by atoms with Crippen LogP contribution in [0, 0.1) is 0 Å². The number of carbonyl (C=O) groups is 2. The molecule has 186 valence electrons. The molecule has 1 saturated carbocycles. The van der Waals surface area contributed by atoms with Gasteiger partial charge >= 0.3 is 12.1 Å². The number of nitrogens with one attached hydrogen (secondary N) is 1. The summed E-state index contributed by atoms with van der Waals surface area (Å²) >= 11 is 0. The van der Waals surface area contributed by atoms with Crippen LogP contribution in [-0.2, 0) is 29.5 Å². The SMILES string of the molecule is CC(C)(C)OC(=O)N[C@@H](CCS(=O)(=O)CCC1(c2ccccn2)CCC1)C(=O)OC(C)(C)C. The molecule has 0 aliphatic heterocycles. The smallest absolute Gasteiger partial charge is 0.408 e. The Labute approximate surface area is 197 Å². The number of nitrogens with zero attached hydrogens (tertiary/aromatic N) is 1. The van der Waals surface area contributed by atoms with Crippen LogP contribution in [0.4, 0.5) is 4.79 Å². The molecular weight excluding hydrogens is 444 g/mol. The van der Waals surface area contributed by atoms with Crippen molar-refractivity contribution in [3.05, 3.63) is 30.1 Å². The van der Waals surface area contributed by atoms with E-state index in [0.717, 1.165) is 25.0 Å². The molecule has 1 fully saturated rings. The van der Waals surface area contributed by atoms with Gasteiger partial charge in [-0.1, -0.05) is 12.5 Å². The van der Waals surface area contributed by atoms with Gasteiger partial charge < -0.3 is 14.8 Å². The molecule has 1 aliphatic carbocycles. The third-order valence-electron chi connectivity index (χ3n) is 5.51. The number of alkyl carbamates (subject to hydrolysis) is 1. The van der Waals surface area contributed by atoms with E-state index < -0.39 is 39.1 Å². The fourth-order valence-electron chi connectivity index (χ4n) is 3.74. The Balaban J connectivity index is 2.03. The molecule has 1 N–H and O–H groups in total. The molecule has 0 radical (unpaired) electrons. The van der Waals surface area contributed by atoms with Gasteiger partial charge in [-0.2, -0.15) is 0 Å². The number of rotatable bonds is 9. The number of amides is 1. The number of sulfone groups is 1. The number of ether oxygens (including phenoxy) is 2. The summed E-state index contributed by atoms with van der Waals surface area (Å²) in [7, 11) is -3.47. The van der Waals surface area contributed by atoms with Crippen molar-refractivity contribution >= 4 is 21.9 Å². The molecule has 2 rings (SSSR count). The average Bonchev–Trinajstić information content (AvgIpc) is 2.62. The Morgan fingerprint density at radius 3 is 2.18 bits per heavy atom. The van der Waals surface area contributed by atoms with Crippen LogP contribution in [0.5, 0.6) is 0 Å². The second kappa shape index (κ2) is 10.4. The van der Waals surface area contributed by atoms with Crippen molar-refractivity contribution in [2.24, 2.45) is 0 Å². The minimum atomic E-state index is -3.47. The van der Waals surface area contributed by atoms with E-state index in [4.69, 9.17) is 9.47 Å². The van der Waals surface area contributed by atoms with Crippen molar-refractivity contribution in [2.75, 3.05) is 11.5 Å². The number of hydrogen-bond acceptors (Lipinski definition) is 7. The maximum absolute atomic E-state index is 12.9. The van der Waals surface area contributed by atoms with Crippen LogP contribution in [0.15, 0.2) is 24.4 Å². The van der Waals surface area contributed by atoms with E-state index in [9.17, 15) is 18.0 Å². The van der Waals surface area contributed by atoms with Crippen LogP contribution in [0.25, 0.3) is 0 Å². The Morgan fingerprint density at radius 1 is 1.06 bits per heavy atom. The molecule has 0 saturated heterocycles. The number of hydrogen-bond donors (Lipinski definition) is 1. The zero-order valence-electron chi connectivity index (χ0n) is 20.6. The molecule has 1 amide bonds. The number of esters is 1. The van der Waals surface area contributed by atoms with Gasteiger partial charge in [-0.15, -0.1) is 0 Å². The number of carbonyl (C=O) groups excluding carboxylic acids is 2. The molecule has 33 heavy (non-hydrogen) atoms. The van der Waals surface area contributed by atoms with Crippen LogP contribution in [-0.4, -0.2) is 54.2 Å². The zero-order valence-corrected chi connectivity index (χ0v) is 21.5. The summed E-state index contributed by atoms with van der Waals surface area (Å²) in [5.41, 5.74) is -0.793. The van der Waals surface area contributed by atoms with Gasteiger partial charge in [0.1, 0.15) is 27.1 Å². The molecule has 1 atom stereocenters. The maximum atomic E-state index is 12.9. The van der Waals surface area contributed by atoms with E-state index in [2.05, 4.69) is 10.3 Å². The van der Waals surface area contributed by atoms with Crippen molar-refractivity contribution < 1.29 is 27.5 Å². The van der Waals surface area contributed by atoms with Crippen LogP contribution >= 0.6 is 0 Å². The van der Waals surface area contributed by atoms with Crippen molar-refractivity contribution in [3.63, 3.8) is 0 Å². The lowest BCUT2D eigenvalue weighted by atomic mass is 9.65. The summed E-state index contributed by atoms with van der Waals surface area (Å²) in [4.78, 5) is 29.3. The highest BCUT2D eigenvalue weighted by Crippen LogP contribution is 2.45. The molecule has 0 bridgehead atoms. The minimum Gasteiger partial charge on any atom is -0.458 e. The summed E-state index contributed by atoms with van der Waals surface area (Å²) < 4.78 is 36.3. The molecule has 0 aromatic carbocycles. The first-order valence-electron chi connectivity index (χ1n) is 11.5. The lowest BCUT2D eigenvalue weighted by Gasteiger charge is -2.41. The summed E-state index contributed by atoms with van der Waals surface area (Å²) in [5, 5.41) is 2.48. The fraction of sp³-hybridized carbons (Fsp3) is 0.708. The van der Waals surface area contributed by atoms with Crippen molar-refractivity contribution in [2.45, 2.75) is 96.3 Å². The standard InChI is InChI=1S/C24H38N2O6S/c1-22(2,3)31-20(27)18(26-21(28)32-23(4,5)6)11-16-33(29,30)17-14-24(12-9-13-24)19-10-7-8-15-25-19/h7-8,10,15,18H,9,11-14,16-17H2,1-6H3,(H,26,28)/t18-/m0/s1. The molecule has 9 heteroatoms. The van der Waals surface area contributed by atoms with E-state index in [-0.39, 0.29) is 23.3 Å². The molecule has 0 spiro atoms. The molecule has 1 aliphatic rings. The van der Waals surface area contributed by atoms with E-state index in [0.29, 0.717) is 6.42 Å². The quantitative estimate of drug-likeness (QED) is 0.531. The van der Waals surface area contributed by atoms with Crippen molar-refractivity contribution in [1.82, 2.24) is 10.3 Å². The lowest BCUT2D eigenvalue weighted by Crippen LogP contribution is -2.47. The van der Waals surface area contributed by atoms with Gasteiger partial charge in [0.15, 0.2) is 0 Å². The van der Waals surface area contributed by atoms with Crippen LogP contribution in [0.3, 0.4) is 0 Å². The predicted molar refractivity (Wildman–Crippen MR) is 127 cm³/mol. The van der Waals surface area contributed by atoms with Crippen LogP contribution in [0.2, 0.25) is 0 Å². The number of aromatic nitrogens is 1. The monoisotopic (exact) mass is 482 g/mol. The minimum absolute atomic E-state index is 0.00293. The van der Waals surface area contributed by atoms with Gasteiger partial charge in [0.2, 0.25) is 0 Å². The fourth-order valence-corrected chi connectivity index (χ4v) is 5.24. The molecule has 1 aromatic heterocycles. The molecule has 1 heterocycles. The molecule has 1 aromatic rings. The highest BCUT2D eigenvalue weighted by atomic mass is 32.2. The van der Waals surface area contributed by atoms with Crippen LogP contribution < -0.4 is 5.32 Å². The maximum Gasteiger partial charge on any atom is 0.408 e. The van der Waals surface area contributed by atoms with Gasteiger partial charge in [0.25, 0.3) is 0 Å². The third kappa shape index (κ3) is 8.95. The predicted octanol–water partition coefficient (Wildman–Crippen LogP) is 3.93.